The summed E-state index contributed by atoms with van der Waals surface area (Å²) in [5.74, 6) is -0.366. The summed E-state index contributed by atoms with van der Waals surface area (Å²) in [5.41, 5.74) is 1.55. The van der Waals surface area contributed by atoms with E-state index in [-0.39, 0.29) is 12.0 Å². The average Bonchev–Trinajstić information content (AvgIpc) is 2.81. The minimum atomic E-state index is -0.366. The van der Waals surface area contributed by atoms with Crippen molar-refractivity contribution >= 4 is 21.9 Å². The van der Waals surface area contributed by atoms with Crippen LogP contribution in [0.5, 0.6) is 0 Å². The third-order valence-electron chi connectivity index (χ3n) is 2.92. The Hall–Kier alpha value is -1.62. The van der Waals surface area contributed by atoms with Crippen LogP contribution < -0.4 is 0 Å². The minimum Gasteiger partial charge on any atom is -0.461 e. The Kier molecular flexibility index (Phi) is 4.37. The third kappa shape index (κ3) is 2.87. The molecule has 0 N–H and O–H groups in total. The Labute approximate surface area is 120 Å². The van der Waals surface area contributed by atoms with Gasteiger partial charge in [0.25, 0.3) is 0 Å². The van der Waals surface area contributed by atoms with Crippen molar-refractivity contribution in [2.45, 2.75) is 19.9 Å². The number of imidazole rings is 1. The number of carbonyl (C=O) groups excluding carboxylic acids is 1. The van der Waals surface area contributed by atoms with E-state index in [1.165, 1.54) is 0 Å². The van der Waals surface area contributed by atoms with Gasteiger partial charge in [-0.2, -0.15) is 0 Å². The van der Waals surface area contributed by atoms with E-state index in [4.69, 9.17) is 4.74 Å². The molecule has 0 aliphatic carbocycles. The summed E-state index contributed by atoms with van der Waals surface area (Å²) in [6.07, 6.45) is 1.65. The number of nitrogens with zero attached hydrogens (tertiary/aromatic N) is 2. The molecule has 0 spiro atoms. The van der Waals surface area contributed by atoms with E-state index in [0.29, 0.717) is 16.9 Å². The highest BCUT2D eigenvalue weighted by molar-refractivity contribution is 9.10. The first-order valence-electron chi connectivity index (χ1n) is 6.09. The van der Waals surface area contributed by atoms with Crippen molar-refractivity contribution in [2.24, 2.45) is 0 Å². The van der Waals surface area contributed by atoms with Gasteiger partial charge in [0.15, 0.2) is 5.69 Å². The first kappa shape index (κ1) is 13.8. The molecule has 1 aromatic heterocycles. The standard InChI is InChI=1S/C14H15BrN2O2/c1-3-19-14(18)12-13(15)16-9-17(12)10(2)11-7-5-4-6-8-11/h4-10H,3H2,1-2H3/t10-/m1/s1. The lowest BCUT2D eigenvalue weighted by Crippen LogP contribution is -2.16. The number of hydrogen-bond donors (Lipinski definition) is 0. The molecule has 4 nitrogen and oxygen atoms in total. The average molecular weight is 323 g/mol. The molecule has 2 aromatic rings. The van der Waals surface area contributed by atoms with E-state index in [2.05, 4.69) is 20.9 Å². The lowest BCUT2D eigenvalue weighted by Gasteiger charge is -2.16. The summed E-state index contributed by atoms with van der Waals surface area (Å²) in [6.45, 7) is 4.15. The van der Waals surface area contributed by atoms with Crippen LogP contribution in [0, 0.1) is 0 Å². The minimum absolute atomic E-state index is 0.0133. The predicted octanol–water partition coefficient (Wildman–Crippen LogP) is 3.43. The molecule has 19 heavy (non-hydrogen) atoms. The molecule has 1 aromatic carbocycles. The van der Waals surface area contributed by atoms with Crippen molar-refractivity contribution in [1.29, 1.82) is 0 Å². The molecule has 1 heterocycles. The van der Waals surface area contributed by atoms with E-state index < -0.39 is 0 Å². The third-order valence-corrected chi connectivity index (χ3v) is 3.50. The SMILES string of the molecule is CCOC(=O)c1c(Br)ncn1[C@H](C)c1ccccc1. The second-order valence-corrected chi connectivity index (χ2v) is 4.85. The maximum Gasteiger partial charge on any atom is 0.357 e. The maximum absolute atomic E-state index is 12.0. The molecule has 5 heteroatoms. The van der Waals surface area contributed by atoms with Crippen molar-refractivity contribution in [3.63, 3.8) is 0 Å². The van der Waals surface area contributed by atoms with Gasteiger partial charge in [0.05, 0.1) is 19.0 Å². The van der Waals surface area contributed by atoms with Gasteiger partial charge in [-0.05, 0) is 35.3 Å². The number of aromatic nitrogens is 2. The molecular formula is C14H15BrN2O2. The summed E-state index contributed by atoms with van der Waals surface area (Å²) in [6, 6.07) is 9.97. The lowest BCUT2D eigenvalue weighted by atomic mass is 10.1. The summed E-state index contributed by atoms with van der Waals surface area (Å²) in [5, 5.41) is 0. The van der Waals surface area contributed by atoms with Gasteiger partial charge in [0.2, 0.25) is 0 Å². The van der Waals surface area contributed by atoms with Crippen molar-refractivity contribution in [3.8, 4) is 0 Å². The monoisotopic (exact) mass is 322 g/mol. The maximum atomic E-state index is 12.0. The highest BCUT2D eigenvalue weighted by Gasteiger charge is 2.22. The molecule has 0 aliphatic rings. The number of rotatable bonds is 4. The number of esters is 1. The van der Waals surface area contributed by atoms with Gasteiger partial charge in [-0.3, -0.25) is 0 Å². The molecular weight excluding hydrogens is 308 g/mol. The summed E-state index contributed by atoms with van der Waals surface area (Å²) in [4.78, 5) is 16.1. The van der Waals surface area contributed by atoms with Gasteiger partial charge in [-0.1, -0.05) is 30.3 Å². The molecule has 0 fully saturated rings. The molecule has 0 bridgehead atoms. The highest BCUT2D eigenvalue weighted by atomic mass is 79.9. The van der Waals surface area contributed by atoms with Crippen LogP contribution in [0.1, 0.15) is 35.9 Å². The molecule has 100 valence electrons. The number of halogens is 1. The molecule has 1 atom stereocenters. The largest absolute Gasteiger partial charge is 0.461 e. The first-order chi connectivity index (χ1) is 9.15. The van der Waals surface area contributed by atoms with E-state index in [0.717, 1.165) is 5.56 Å². The number of hydrogen-bond acceptors (Lipinski definition) is 3. The van der Waals surface area contributed by atoms with E-state index >= 15 is 0 Å². The molecule has 2 rings (SSSR count). The van der Waals surface area contributed by atoms with E-state index in [1.54, 1.807) is 13.3 Å². The number of benzene rings is 1. The van der Waals surface area contributed by atoms with E-state index in [9.17, 15) is 4.79 Å². The van der Waals surface area contributed by atoms with E-state index in [1.807, 2.05) is 41.8 Å². The van der Waals surface area contributed by atoms with Gasteiger partial charge < -0.3 is 9.30 Å². The zero-order valence-electron chi connectivity index (χ0n) is 10.8. The normalized spacial score (nSPS) is 12.2. The number of ether oxygens (including phenoxy) is 1. The Morgan fingerprint density at radius 2 is 2.11 bits per heavy atom. The van der Waals surface area contributed by atoms with Crippen LogP contribution in [-0.4, -0.2) is 22.1 Å². The first-order valence-corrected chi connectivity index (χ1v) is 6.88. The Balaban J connectivity index is 2.38. The fraction of sp³-hybridized carbons (Fsp3) is 0.286. The van der Waals surface area contributed by atoms with Gasteiger partial charge in [-0.25, -0.2) is 9.78 Å². The Bertz CT molecular complexity index is 566. The molecule has 0 amide bonds. The van der Waals surface area contributed by atoms with Crippen LogP contribution in [0.25, 0.3) is 0 Å². The topological polar surface area (TPSA) is 44.1 Å². The zero-order valence-corrected chi connectivity index (χ0v) is 12.4. The second-order valence-electron chi connectivity index (χ2n) is 4.10. The molecule has 0 saturated carbocycles. The van der Waals surface area contributed by atoms with Gasteiger partial charge in [0, 0.05) is 0 Å². The van der Waals surface area contributed by atoms with Crippen LogP contribution in [-0.2, 0) is 4.74 Å². The van der Waals surface area contributed by atoms with Gasteiger partial charge in [0.1, 0.15) is 4.60 Å². The fourth-order valence-electron chi connectivity index (χ4n) is 1.91. The zero-order chi connectivity index (χ0) is 13.8. The van der Waals surface area contributed by atoms with Crippen LogP contribution in [0.2, 0.25) is 0 Å². The Morgan fingerprint density at radius 1 is 1.42 bits per heavy atom. The molecule has 0 aliphatic heterocycles. The second kappa shape index (κ2) is 6.02. The predicted molar refractivity (Wildman–Crippen MR) is 76.1 cm³/mol. The fourth-order valence-corrected chi connectivity index (χ4v) is 2.37. The molecule has 0 radical (unpaired) electrons. The lowest BCUT2D eigenvalue weighted by molar-refractivity contribution is 0.0511. The van der Waals surface area contributed by atoms with Crippen LogP contribution in [0.15, 0.2) is 41.3 Å². The smallest absolute Gasteiger partial charge is 0.357 e. The van der Waals surface area contributed by atoms with Crippen molar-refractivity contribution in [3.05, 3.63) is 52.5 Å². The molecule has 0 saturated heterocycles. The van der Waals surface area contributed by atoms with Gasteiger partial charge >= 0.3 is 5.97 Å². The molecule has 0 unspecified atom stereocenters. The summed E-state index contributed by atoms with van der Waals surface area (Å²) >= 11 is 3.30. The van der Waals surface area contributed by atoms with Crippen LogP contribution in [0.3, 0.4) is 0 Å². The van der Waals surface area contributed by atoms with Crippen molar-refractivity contribution in [1.82, 2.24) is 9.55 Å². The quantitative estimate of drug-likeness (QED) is 0.810. The van der Waals surface area contributed by atoms with Crippen molar-refractivity contribution in [2.75, 3.05) is 6.61 Å². The summed E-state index contributed by atoms with van der Waals surface area (Å²) in [7, 11) is 0. The highest BCUT2D eigenvalue weighted by Crippen LogP contribution is 2.24. The Morgan fingerprint density at radius 3 is 2.74 bits per heavy atom. The van der Waals surface area contributed by atoms with Gasteiger partial charge in [-0.15, -0.1) is 0 Å². The van der Waals surface area contributed by atoms with Crippen LogP contribution in [0.4, 0.5) is 0 Å². The van der Waals surface area contributed by atoms with Crippen LogP contribution >= 0.6 is 15.9 Å². The number of carbonyl (C=O) groups is 1. The van der Waals surface area contributed by atoms with Crippen molar-refractivity contribution < 1.29 is 9.53 Å². The summed E-state index contributed by atoms with van der Waals surface area (Å²) < 4.78 is 7.39.